The number of carbonyl (C=O) groups is 2. The van der Waals surface area contributed by atoms with Gasteiger partial charge in [-0.25, -0.2) is 4.79 Å². The number of carbonyl (C=O) groups excluding carboxylic acids is 1. The van der Waals surface area contributed by atoms with Crippen molar-refractivity contribution in [1.82, 2.24) is 0 Å². The van der Waals surface area contributed by atoms with Crippen molar-refractivity contribution >= 4 is 22.5 Å². The smallest absolute Gasteiger partial charge is 0.336 e. The summed E-state index contributed by atoms with van der Waals surface area (Å²) in [4.78, 5) is 25.0. The van der Waals surface area contributed by atoms with Gasteiger partial charge in [-0.3, -0.25) is 4.79 Å². The van der Waals surface area contributed by atoms with E-state index in [1.54, 1.807) is 31.2 Å². The lowest BCUT2D eigenvalue weighted by Crippen LogP contribution is -2.34. The number of ketones is 1. The average molecular weight is 401 g/mol. The number of fused-ring (bicyclic) bond motifs is 2. The van der Waals surface area contributed by atoms with Crippen LogP contribution in [-0.2, 0) is 10.8 Å². The molecule has 0 unspecified atom stereocenters. The van der Waals surface area contributed by atoms with Crippen LogP contribution >= 0.6 is 0 Å². The van der Waals surface area contributed by atoms with E-state index in [1.807, 2.05) is 12.1 Å². The summed E-state index contributed by atoms with van der Waals surface area (Å²) in [5, 5.41) is 11.0. The number of aryl methyl sites for hydroxylation is 1. The topological polar surface area (TPSA) is 54.4 Å². The van der Waals surface area contributed by atoms with Crippen molar-refractivity contribution in [2.24, 2.45) is 0 Å². The normalized spacial score (nSPS) is 16.8. The second-order valence-corrected chi connectivity index (χ2v) is 9.86. The molecule has 0 bridgehead atoms. The van der Waals surface area contributed by atoms with Crippen LogP contribution in [0.15, 0.2) is 48.5 Å². The Kier molecular flexibility index (Phi) is 4.61. The van der Waals surface area contributed by atoms with E-state index in [0.29, 0.717) is 27.6 Å². The number of aromatic carboxylic acids is 1. The average Bonchev–Trinajstić information content (AvgIpc) is 2.70. The molecular weight excluding hydrogens is 372 g/mol. The Hall–Kier alpha value is -2.94. The van der Waals surface area contributed by atoms with E-state index in [1.165, 1.54) is 11.1 Å². The molecule has 0 saturated carbocycles. The number of rotatable bonds is 3. The molecule has 0 fully saturated rings. The highest BCUT2D eigenvalue weighted by atomic mass is 16.4. The Morgan fingerprint density at radius 2 is 1.40 bits per heavy atom. The van der Waals surface area contributed by atoms with Gasteiger partial charge in [-0.1, -0.05) is 64.1 Å². The minimum atomic E-state index is -0.947. The fourth-order valence-electron chi connectivity index (χ4n) is 4.76. The van der Waals surface area contributed by atoms with Gasteiger partial charge >= 0.3 is 5.97 Å². The van der Waals surface area contributed by atoms with Crippen LogP contribution < -0.4 is 0 Å². The zero-order valence-electron chi connectivity index (χ0n) is 18.3. The van der Waals surface area contributed by atoms with Crippen LogP contribution in [0.5, 0.6) is 0 Å². The molecule has 0 heterocycles. The molecule has 0 spiro atoms. The predicted molar refractivity (Wildman–Crippen MR) is 121 cm³/mol. The molecule has 1 aliphatic carbocycles. The molecular formula is C27H28O3. The molecule has 0 amide bonds. The van der Waals surface area contributed by atoms with E-state index < -0.39 is 5.97 Å². The zero-order valence-corrected chi connectivity index (χ0v) is 18.3. The molecule has 0 aliphatic heterocycles. The molecule has 154 valence electrons. The van der Waals surface area contributed by atoms with Crippen LogP contribution in [0.1, 0.15) is 83.5 Å². The molecule has 0 aromatic heterocycles. The van der Waals surface area contributed by atoms with Gasteiger partial charge in [0.25, 0.3) is 0 Å². The second kappa shape index (κ2) is 6.80. The largest absolute Gasteiger partial charge is 0.478 e. The highest BCUT2D eigenvalue weighted by Gasteiger charge is 2.37. The third-order valence-corrected chi connectivity index (χ3v) is 6.82. The van der Waals surface area contributed by atoms with Crippen LogP contribution in [0, 0.1) is 6.92 Å². The van der Waals surface area contributed by atoms with Gasteiger partial charge in [0.05, 0.1) is 5.56 Å². The van der Waals surface area contributed by atoms with Gasteiger partial charge in [0.2, 0.25) is 0 Å². The van der Waals surface area contributed by atoms with Gasteiger partial charge in [0.15, 0.2) is 5.78 Å². The van der Waals surface area contributed by atoms with Crippen LogP contribution in [-0.4, -0.2) is 16.9 Å². The van der Waals surface area contributed by atoms with Crippen molar-refractivity contribution in [3.05, 3.63) is 81.9 Å². The minimum Gasteiger partial charge on any atom is -0.478 e. The fraction of sp³-hybridized carbons (Fsp3) is 0.333. The molecule has 0 atom stereocenters. The summed E-state index contributed by atoms with van der Waals surface area (Å²) in [5.41, 5.74) is 5.02. The minimum absolute atomic E-state index is 0.0312. The molecule has 1 aliphatic rings. The Bertz CT molecular complexity index is 1200. The monoisotopic (exact) mass is 400 g/mol. The molecule has 1 N–H and O–H groups in total. The van der Waals surface area contributed by atoms with Crippen molar-refractivity contribution in [3.8, 4) is 0 Å². The second-order valence-electron chi connectivity index (χ2n) is 9.86. The summed E-state index contributed by atoms with van der Waals surface area (Å²) < 4.78 is 0. The number of carboxylic acid groups (broad SMARTS) is 1. The molecule has 0 saturated heterocycles. The van der Waals surface area contributed by atoms with Crippen LogP contribution in [0.25, 0.3) is 10.8 Å². The predicted octanol–water partition coefficient (Wildman–Crippen LogP) is 6.43. The number of hydrogen-bond acceptors (Lipinski definition) is 2. The number of carboxylic acids is 1. The first-order valence-corrected chi connectivity index (χ1v) is 10.5. The SMILES string of the molecule is Cc1ccc2cc(C(=O)c3ccc4c(c3)C(C)(C)CCC4(C)C)ccc2c1C(=O)O. The first-order chi connectivity index (χ1) is 14.0. The Morgan fingerprint density at radius 3 is 2.07 bits per heavy atom. The number of benzene rings is 3. The van der Waals surface area contributed by atoms with E-state index in [4.69, 9.17) is 0 Å². The summed E-state index contributed by atoms with van der Waals surface area (Å²) in [6, 6.07) is 15.1. The Balaban J connectivity index is 1.80. The summed E-state index contributed by atoms with van der Waals surface area (Å²) in [6.07, 6.45) is 2.23. The van der Waals surface area contributed by atoms with Crippen LogP contribution in [0.3, 0.4) is 0 Å². The van der Waals surface area contributed by atoms with E-state index in [9.17, 15) is 14.7 Å². The summed E-state index contributed by atoms with van der Waals surface area (Å²) in [5.74, 6) is -0.979. The van der Waals surface area contributed by atoms with E-state index in [2.05, 4.69) is 39.8 Å². The standard InChI is InChI=1S/C27H28O3/c1-16-6-7-17-14-18(8-10-20(17)23(16)25(29)30)24(28)19-9-11-21-22(15-19)27(4,5)13-12-26(21,2)3/h6-11,14-15H,12-13H2,1-5H3,(H,29,30). The Morgan fingerprint density at radius 1 is 0.800 bits per heavy atom. The van der Waals surface area contributed by atoms with E-state index in [-0.39, 0.29) is 16.6 Å². The first kappa shape index (κ1) is 20.3. The maximum absolute atomic E-state index is 13.3. The quantitative estimate of drug-likeness (QED) is 0.516. The first-order valence-electron chi connectivity index (χ1n) is 10.5. The van der Waals surface area contributed by atoms with E-state index >= 15 is 0 Å². The summed E-state index contributed by atoms with van der Waals surface area (Å²) >= 11 is 0. The maximum Gasteiger partial charge on any atom is 0.336 e. The van der Waals surface area contributed by atoms with Gasteiger partial charge in [-0.05, 0) is 70.2 Å². The van der Waals surface area contributed by atoms with Crippen LogP contribution in [0.4, 0.5) is 0 Å². The van der Waals surface area contributed by atoms with Crippen molar-refractivity contribution in [3.63, 3.8) is 0 Å². The lowest BCUT2D eigenvalue weighted by molar-refractivity contribution is 0.0698. The van der Waals surface area contributed by atoms with Crippen molar-refractivity contribution in [2.45, 2.75) is 58.3 Å². The fourth-order valence-corrected chi connectivity index (χ4v) is 4.76. The summed E-state index contributed by atoms with van der Waals surface area (Å²) in [7, 11) is 0. The molecule has 30 heavy (non-hydrogen) atoms. The van der Waals surface area contributed by atoms with Gasteiger partial charge in [-0.2, -0.15) is 0 Å². The molecule has 3 aromatic rings. The van der Waals surface area contributed by atoms with Gasteiger partial charge < -0.3 is 5.11 Å². The third kappa shape index (κ3) is 3.23. The summed E-state index contributed by atoms with van der Waals surface area (Å²) in [6.45, 7) is 10.8. The Labute approximate surface area is 177 Å². The van der Waals surface area contributed by atoms with Gasteiger partial charge in [-0.15, -0.1) is 0 Å². The van der Waals surface area contributed by atoms with Crippen molar-refractivity contribution in [2.75, 3.05) is 0 Å². The van der Waals surface area contributed by atoms with E-state index in [0.717, 1.165) is 18.2 Å². The molecule has 3 nitrogen and oxygen atoms in total. The molecule has 4 rings (SSSR count). The highest BCUT2D eigenvalue weighted by molar-refractivity contribution is 6.12. The molecule has 0 radical (unpaired) electrons. The lowest BCUT2D eigenvalue weighted by Gasteiger charge is -2.42. The van der Waals surface area contributed by atoms with Crippen LogP contribution in [0.2, 0.25) is 0 Å². The van der Waals surface area contributed by atoms with Gasteiger partial charge in [0, 0.05) is 11.1 Å². The molecule has 3 aromatic carbocycles. The molecule has 3 heteroatoms. The van der Waals surface area contributed by atoms with Gasteiger partial charge in [0.1, 0.15) is 0 Å². The van der Waals surface area contributed by atoms with Crippen molar-refractivity contribution < 1.29 is 14.7 Å². The van der Waals surface area contributed by atoms with Crippen molar-refractivity contribution in [1.29, 1.82) is 0 Å². The lowest BCUT2D eigenvalue weighted by atomic mass is 9.63. The number of hydrogen-bond donors (Lipinski definition) is 1. The highest BCUT2D eigenvalue weighted by Crippen LogP contribution is 2.46. The maximum atomic E-state index is 13.3. The zero-order chi connectivity index (χ0) is 21.8. The third-order valence-electron chi connectivity index (χ3n) is 6.82.